The van der Waals surface area contributed by atoms with Crippen LogP contribution in [0.2, 0.25) is 0 Å². The van der Waals surface area contributed by atoms with Gasteiger partial charge in [-0.3, -0.25) is 9.78 Å². The van der Waals surface area contributed by atoms with Crippen LogP contribution in [0, 0.1) is 5.92 Å². The summed E-state index contributed by atoms with van der Waals surface area (Å²) in [5.74, 6) is 1.61. The standard InChI is InChI=1S/C20H25N3O2/c1-2-25-18-7-5-16(6-8-18)3-4-17-9-13-23(14-10-17)20(24)19-15-21-11-12-22-19/h5-8,11-12,15,17H,2-4,9-10,13-14H2,1H3. The summed E-state index contributed by atoms with van der Waals surface area (Å²) < 4.78 is 5.48. The van der Waals surface area contributed by atoms with E-state index in [1.54, 1.807) is 18.6 Å². The van der Waals surface area contributed by atoms with Crippen molar-refractivity contribution in [1.29, 1.82) is 0 Å². The largest absolute Gasteiger partial charge is 0.494 e. The Kier molecular flexibility index (Phi) is 5.99. The molecule has 2 heterocycles. The molecule has 0 unspecified atom stereocenters. The molecule has 1 aromatic heterocycles. The van der Waals surface area contributed by atoms with E-state index in [0.717, 1.165) is 38.1 Å². The third-order valence-electron chi connectivity index (χ3n) is 4.76. The van der Waals surface area contributed by atoms with E-state index in [1.165, 1.54) is 12.0 Å². The Morgan fingerprint density at radius 3 is 2.60 bits per heavy atom. The van der Waals surface area contributed by atoms with Gasteiger partial charge in [-0.2, -0.15) is 0 Å². The van der Waals surface area contributed by atoms with E-state index in [1.807, 2.05) is 24.0 Å². The molecule has 0 N–H and O–H groups in total. The Bertz CT molecular complexity index is 665. The van der Waals surface area contributed by atoms with Crippen molar-refractivity contribution < 1.29 is 9.53 Å². The number of nitrogens with zero attached hydrogens (tertiary/aromatic N) is 3. The quantitative estimate of drug-likeness (QED) is 0.810. The van der Waals surface area contributed by atoms with Gasteiger partial charge in [0.1, 0.15) is 11.4 Å². The van der Waals surface area contributed by atoms with Gasteiger partial charge in [0, 0.05) is 25.5 Å². The van der Waals surface area contributed by atoms with Crippen LogP contribution in [0.1, 0.15) is 42.2 Å². The van der Waals surface area contributed by atoms with E-state index in [9.17, 15) is 4.79 Å². The normalized spacial score (nSPS) is 15.2. The highest BCUT2D eigenvalue weighted by Crippen LogP contribution is 2.24. The zero-order valence-corrected chi connectivity index (χ0v) is 14.7. The third kappa shape index (κ3) is 4.78. The topological polar surface area (TPSA) is 55.3 Å². The van der Waals surface area contributed by atoms with Gasteiger partial charge in [-0.25, -0.2) is 4.98 Å². The first kappa shape index (κ1) is 17.4. The predicted molar refractivity (Wildman–Crippen MR) is 96.6 cm³/mol. The summed E-state index contributed by atoms with van der Waals surface area (Å²) in [6.45, 7) is 4.31. The van der Waals surface area contributed by atoms with Crippen molar-refractivity contribution in [2.45, 2.75) is 32.6 Å². The maximum absolute atomic E-state index is 12.4. The van der Waals surface area contributed by atoms with E-state index in [-0.39, 0.29) is 5.91 Å². The first-order chi connectivity index (χ1) is 12.3. The molecule has 0 atom stereocenters. The number of benzene rings is 1. The molecule has 0 bridgehead atoms. The maximum Gasteiger partial charge on any atom is 0.274 e. The van der Waals surface area contributed by atoms with Gasteiger partial charge in [0.05, 0.1) is 12.8 Å². The molecule has 25 heavy (non-hydrogen) atoms. The highest BCUT2D eigenvalue weighted by atomic mass is 16.5. The average Bonchev–Trinajstić information content (AvgIpc) is 2.68. The molecule has 1 amide bonds. The molecule has 2 aromatic rings. The molecule has 3 rings (SSSR count). The van der Waals surface area contributed by atoms with Crippen LogP contribution in [0.4, 0.5) is 0 Å². The lowest BCUT2D eigenvalue weighted by Gasteiger charge is -2.31. The zero-order valence-electron chi connectivity index (χ0n) is 14.7. The zero-order chi connectivity index (χ0) is 17.5. The van der Waals surface area contributed by atoms with Gasteiger partial charge >= 0.3 is 0 Å². The SMILES string of the molecule is CCOc1ccc(CCC2CCN(C(=O)c3cnccn3)CC2)cc1. The number of aryl methyl sites for hydroxylation is 1. The van der Waals surface area contributed by atoms with Gasteiger partial charge in [-0.05, 0) is 56.2 Å². The summed E-state index contributed by atoms with van der Waals surface area (Å²) >= 11 is 0. The van der Waals surface area contributed by atoms with E-state index < -0.39 is 0 Å². The Morgan fingerprint density at radius 1 is 1.20 bits per heavy atom. The Morgan fingerprint density at radius 2 is 1.96 bits per heavy atom. The van der Waals surface area contributed by atoms with Crippen LogP contribution >= 0.6 is 0 Å². The van der Waals surface area contributed by atoms with E-state index in [4.69, 9.17) is 4.74 Å². The fraction of sp³-hybridized carbons (Fsp3) is 0.450. The fourth-order valence-electron chi connectivity index (χ4n) is 3.29. The van der Waals surface area contributed by atoms with Crippen LogP contribution in [0.3, 0.4) is 0 Å². The first-order valence-electron chi connectivity index (χ1n) is 9.03. The van der Waals surface area contributed by atoms with Crippen LogP contribution in [0.25, 0.3) is 0 Å². The maximum atomic E-state index is 12.4. The summed E-state index contributed by atoms with van der Waals surface area (Å²) in [7, 11) is 0. The number of amides is 1. The molecule has 132 valence electrons. The van der Waals surface area contributed by atoms with Gasteiger partial charge in [-0.1, -0.05) is 12.1 Å². The first-order valence-corrected chi connectivity index (χ1v) is 9.03. The molecule has 0 radical (unpaired) electrons. The Balaban J connectivity index is 1.44. The summed E-state index contributed by atoms with van der Waals surface area (Å²) in [6.07, 6.45) is 9.06. The van der Waals surface area contributed by atoms with Crippen LogP contribution in [0.15, 0.2) is 42.9 Å². The van der Waals surface area contributed by atoms with Crippen LogP contribution in [-0.2, 0) is 6.42 Å². The minimum Gasteiger partial charge on any atom is -0.494 e. The lowest BCUT2D eigenvalue weighted by molar-refractivity contribution is 0.0680. The minimum absolute atomic E-state index is 0.00179. The Labute approximate surface area is 149 Å². The third-order valence-corrected chi connectivity index (χ3v) is 4.76. The van der Waals surface area contributed by atoms with Crippen molar-refractivity contribution in [3.05, 3.63) is 54.1 Å². The van der Waals surface area contributed by atoms with Crippen molar-refractivity contribution in [1.82, 2.24) is 14.9 Å². The second-order valence-corrected chi connectivity index (χ2v) is 6.44. The number of carbonyl (C=O) groups excluding carboxylic acids is 1. The van der Waals surface area contributed by atoms with Gasteiger partial charge in [0.25, 0.3) is 5.91 Å². The van der Waals surface area contributed by atoms with Gasteiger partial charge in [0.2, 0.25) is 0 Å². The van der Waals surface area contributed by atoms with Crippen molar-refractivity contribution in [3.63, 3.8) is 0 Å². The number of rotatable bonds is 6. The van der Waals surface area contributed by atoms with Crippen LogP contribution in [0.5, 0.6) is 5.75 Å². The molecule has 0 saturated carbocycles. The van der Waals surface area contributed by atoms with E-state index >= 15 is 0 Å². The predicted octanol–water partition coefficient (Wildman–Crippen LogP) is 3.36. The molecule has 1 aliphatic heterocycles. The highest BCUT2D eigenvalue weighted by molar-refractivity contribution is 5.91. The number of aromatic nitrogens is 2. The monoisotopic (exact) mass is 339 g/mol. The van der Waals surface area contributed by atoms with Gasteiger partial charge in [0.15, 0.2) is 0 Å². The highest BCUT2D eigenvalue weighted by Gasteiger charge is 2.24. The summed E-state index contributed by atoms with van der Waals surface area (Å²) in [5, 5.41) is 0. The summed E-state index contributed by atoms with van der Waals surface area (Å²) in [4.78, 5) is 22.4. The lowest BCUT2D eigenvalue weighted by Crippen LogP contribution is -2.39. The molecule has 1 aromatic carbocycles. The number of carbonyl (C=O) groups is 1. The summed E-state index contributed by atoms with van der Waals surface area (Å²) in [6, 6.07) is 8.39. The number of hydrogen-bond donors (Lipinski definition) is 0. The van der Waals surface area contributed by atoms with Crippen LogP contribution in [-0.4, -0.2) is 40.5 Å². The molecule has 1 aliphatic rings. The van der Waals surface area contributed by atoms with Gasteiger partial charge < -0.3 is 9.64 Å². The molecule has 1 fully saturated rings. The average molecular weight is 339 g/mol. The molecular weight excluding hydrogens is 314 g/mol. The Hall–Kier alpha value is -2.43. The second kappa shape index (κ2) is 8.60. The molecule has 1 saturated heterocycles. The number of hydrogen-bond acceptors (Lipinski definition) is 4. The molecule has 0 aliphatic carbocycles. The van der Waals surface area contributed by atoms with E-state index in [0.29, 0.717) is 18.2 Å². The van der Waals surface area contributed by atoms with Crippen molar-refractivity contribution >= 4 is 5.91 Å². The number of ether oxygens (including phenoxy) is 1. The van der Waals surface area contributed by atoms with Crippen molar-refractivity contribution in [2.75, 3.05) is 19.7 Å². The molecule has 0 spiro atoms. The summed E-state index contributed by atoms with van der Waals surface area (Å²) in [5.41, 5.74) is 1.79. The number of likely N-dealkylation sites (tertiary alicyclic amines) is 1. The molecule has 5 nitrogen and oxygen atoms in total. The second-order valence-electron chi connectivity index (χ2n) is 6.44. The fourth-order valence-corrected chi connectivity index (χ4v) is 3.29. The molecule has 5 heteroatoms. The lowest BCUT2D eigenvalue weighted by atomic mass is 9.90. The number of piperidine rings is 1. The van der Waals surface area contributed by atoms with Crippen molar-refractivity contribution in [2.24, 2.45) is 5.92 Å². The van der Waals surface area contributed by atoms with Crippen LogP contribution < -0.4 is 4.74 Å². The molecular formula is C20H25N3O2. The smallest absolute Gasteiger partial charge is 0.274 e. The van der Waals surface area contributed by atoms with Crippen molar-refractivity contribution in [3.8, 4) is 5.75 Å². The van der Waals surface area contributed by atoms with E-state index in [2.05, 4.69) is 22.1 Å². The van der Waals surface area contributed by atoms with Gasteiger partial charge in [-0.15, -0.1) is 0 Å². The minimum atomic E-state index is -0.00179.